The first-order valence-electron chi connectivity index (χ1n) is 4.54. The number of esters is 1. The summed E-state index contributed by atoms with van der Waals surface area (Å²) in [6.45, 7) is 0. The van der Waals surface area contributed by atoms with Crippen molar-refractivity contribution in [3.63, 3.8) is 0 Å². The van der Waals surface area contributed by atoms with Crippen LogP contribution < -0.4 is 5.32 Å². The Kier molecular flexibility index (Phi) is 3.60. The number of ether oxygens (including phenoxy) is 1. The fourth-order valence-corrected chi connectivity index (χ4v) is 2.89. The summed E-state index contributed by atoms with van der Waals surface area (Å²) in [6, 6.07) is 0. The Labute approximate surface area is 110 Å². The highest BCUT2D eigenvalue weighted by molar-refractivity contribution is 7.18. The van der Waals surface area contributed by atoms with Crippen molar-refractivity contribution in [1.82, 2.24) is 9.97 Å². The van der Waals surface area contributed by atoms with Crippen LogP contribution in [-0.4, -0.2) is 30.1 Å². The molecule has 90 valence electrons. The summed E-state index contributed by atoms with van der Waals surface area (Å²) < 4.78 is 4.97. The van der Waals surface area contributed by atoms with Gasteiger partial charge in [-0.2, -0.15) is 0 Å². The van der Waals surface area contributed by atoms with Crippen LogP contribution in [0.3, 0.4) is 0 Å². The molecule has 0 aliphatic carbocycles. The zero-order chi connectivity index (χ0) is 12.4. The molecule has 0 aromatic carbocycles. The number of methoxy groups -OCH3 is 1. The summed E-state index contributed by atoms with van der Waals surface area (Å²) in [7, 11) is 3.09. The molecule has 0 aliphatic rings. The molecule has 2 heterocycles. The highest BCUT2D eigenvalue weighted by Gasteiger charge is 2.21. The molecule has 0 radical (unpaired) electrons. The minimum atomic E-state index is -0.455. The molecule has 2 rings (SSSR count). The first-order valence-corrected chi connectivity index (χ1v) is 6.61. The van der Waals surface area contributed by atoms with Gasteiger partial charge in [0.2, 0.25) is 0 Å². The molecule has 0 saturated carbocycles. The fourth-order valence-electron chi connectivity index (χ4n) is 1.20. The number of thiazole rings is 2. The minimum absolute atomic E-state index is 0.291. The van der Waals surface area contributed by atoms with Crippen molar-refractivity contribution in [2.45, 2.75) is 0 Å². The number of halogens is 1. The maximum atomic E-state index is 11.5. The number of aromatic nitrogens is 2. The van der Waals surface area contributed by atoms with Crippen LogP contribution in [0.4, 0.5) is 5.13 Å². The number of nitrogens with one attached hydrogen (secondary N) is 1. The molecule has 2 aromatic rings. The summed E-state index contributed by atoms with van der Waals surface area (Å²) >= 11 is 8.33. The van der Waals surface area contributed by atoms with Crippen molar-refractivity contribution in [2.24, 2.45) is 0 Å². The minimum Gasteiger partial charge on any atom is -0.465 e. The van der Waals surface area contributed by atoms with Crippen LogP contribution in [0.25, 0.3) is 11.4 Å². The maximum absolute atomic E-state index is 11.5. The van der Waals surface area contributed by atoms with Gasteiger partial charge in [-0.3, -0.25) is 0 Å². The van der Waals surface area contributed by atoms with Gasteiger partial charge >= 0.3 is 5.97 Å². The van der Waals surface area contributed by atoms with E-state index < -0.39 is 5.97 Å². The van der Waals surface area contributed by atoms with E-state index in [0.29, 0.717) is 20.7 Å². The number of carbonyl (C=O) groups is 1. The molecule has 2 aromatic heterocycles. The summed E-state index contributed by atoms with van der Waals surface area (Å²) in [4.78, 5) is 20.3. The van der Waals surface area contributed by atoms with Crippen molar-refractivity contribution >= 4 is 45.4 Å². The molecule has 0 amide bonds. The second-order valence-corrected chi connectivity index (χ2v) is 5.36. The van der Waals surface area contributed by atoms with Gasteiger partial charge in [-0.1, -0.05) is 22.9 Å². The quantitative estimate of drug-likeness (QED) is 0.880. The zero-order valence-corrected chi connectivity index (χ0v) is 11.4. The van der Waals surface area contributed by atoms with Crippen LogP contribution >= 0.6 is 34.3 Å². The highest BCUT2D eigenvalue weighted by atomic mass is 35.5. The van der Waals surface area contributed by atoms with Crippen molar-refractivity contribution in [1.29, 1.82) is 0 Å². The monoisotopic (exact) mass is 289 g/mol. The topological polar surface area (TPSA) is 64.1 Å². The van der Waals surface area contributed by atoms with Gasteiger partial charge in [0.1, 0.15) is 16.3 Å². The number of hydrogen-bond acceptors (Lipinski definition) is 7. The second kappa shape index (κ2) is 4.99. The first-order chi connectivity index (χ1) is 8.15. The predicted octanol–water partition coefficient (Wildman–Crippen LogP) is 2.75. The van der Waals surface area contributed by atoms with Crippen LogP contribution in [0.15, 0.2) is 5.38 Å². The van der Waals surface area contributed by atoms with Gasteiger partial charge in [0.25, 0.3) is 0 Å². The third-order valence-corrected chi connectivity index (χ3v) is 3.93. The number of anilines is 1. The molecule has 8 heteroatoms. The van der Waals surface area contributed by atoms with Crippen LogP contribution in [0, 0.1) is 0 Å². The van der Waals surface area contributed by atoms with E-state index in [2.05, 4.69) is 20.0 Å². The standard InChI is InChI=1S/C9H8ClN3O2S2/c1-11-9-12-4(3-16-9)5-6(7(14)15-2)17-8(10)13-5/h3H,1-2H3,(H,11,12). The van der Waals surface area contributed by atoms with E-state index in [1.165, 1.54) is 18.4 Å². The Morgan fingerprint density at radius 1 is 1.53 bits per heavy atom. The summed E-state index contributed by atoms with van der Waals surface area (Å²) in [6.07, 6.45) is 0. The molecule has 0 spiro atoms. The number of rotatable bonds is 3. The fraction of sp³-hybridized carbons (Fsp3) is 0.222. The SMILES string of the molecule is CNc1nc(-c2nc(Cl)sc2C(=O)OC)cs1. The normalized spacial score (nSPS) is 10.3. The Morgan fingerprint density at radius 3 is 2.88 bits per heavy atom. The van der Waals surface area contributed by atoms with E-state index in [1.807, 2.05) is 5.38 Å². The van der Waals surface area contributed by atoms with Crippen molar-refractivity contribution < 1.29 is 9.53 Å². The van der Waals surface area contributed by atoms with Gasteiger partial charge in [0.05, 0.1) is 7.11 Å². The molecular weight excluding hydrogens is 282 g/mol. The van der Waals surface area contributed by atoms with Gasteiger partial charge in [-0.05, 0) is 0 Å². The van der Waals surface area contributed by atoms with E-state index in [9.17, 15) is 4.79 Å². The molecule has 0 atom stereocenters. The summed E-state index contributed by atoms with van der Waals surface area (Å²) in [5, 5.41) is 5.48. The molecule has 0 saturated heterocycles. The van der Waals surface area contributed by atoms with Crippen LogP contribution in [0.2, 0.25) is 4.47 Å². The van der Waals surface area contributed by atoms with Gasteiger partial charge in [0, 0.05) is 12.4 Å². The van der Waals surface area contributed by atoms with E-state index in [0.717, 1.165) is 16.5 Å². The lowest BCUT2D eigenvalue weighted by Crippen LogP contribution is -2.00. The van der Waals surface area contributed by atoms with Crippen LogP contribution in [-0.2, 0) is 4.74 Å². The van der Waals surface area contributed by atoms with Crippen LogP contribution in [0.5, 0.6) is 0 Å². The van der Waals surface area contributed by atoms with Crippen molar-refractivity contribution in [2.75, 3.05) is 19.5 Å². The largest absolute Gasteiger partial charge is 0.465 e. The Balaban J connectivity index is 2.47. The molecule has 17 heavy (non-hydrogen) atoms. The Hall–Kier alpha value is -1.18. The van der Waals surface area contributed by atoms with E-state index >= 15 is 0 Å². The van der Waals surface area contributed by atoms with Gasteiger partial charge in [-0.25, -0.2) is 14.8 Å². The molecule has 5 nitrogen and oxygen atoms in total. The van der Waals surface area contributed by atoms with Gasteiger partial charge < -0.3 is 10.1 Å². The summed E-state index contributed by atoms with van der Waals surface area (Å²) in [5.41, 5.74) is 1.08. The van der Waals surface area contributed by atoms with Gasteiger partial charge in [0.15, 0.2) is 9.60 Å². The Morgan fingerprint density at radius 2 is 2.29 bits per heavy atom. The van der Waals surface area contributed by atoms with Crippen LogP contribution in [0.1, 0.15) is 9.67 Å². The van der Waals surface area contributed by atoms with E-state index in [-0.39, 0.29) is 0 Å². The van der Waals surface area contributed by atoms with E-state index in [1.54, 1.807) is 7.05 Å². The lowest BCUT2D eigenvalue weighted by molar-refractivity contribution is 0.0607. The summed E-state index contributed by atoms with van der Waals surface area (Å²) in [5.74, 6) is -0.455. The average Bonchev–Trinajstić information content (AvgIpc) is 2.93. The number of nitrogens with zero attached hydrogens (tertiary/aromatic N) is 2. The third-order valence-electron chi connectivity index (χ3n) is 1.93. The number of hydrogen-bond donors (Lipinski definition) is 1. The third kappa shape index (κ3) is 2.41. The molecular formula is C9H8ClN3O2S2. The number of carbonyl (C=O) groups excluding carboxylic acids is 1. The van der Waals surface area contributed by atoms with Crippen molar-refractivity contribution in [3.8, 4) is 11.4 Å². The molecule has 1 N–H and O–H groups in total. The lowest BCUT2D eigenvalue weighted by Gasteiger charge is -1.96. The Bertz CT molecular complexity index is 552. The molecule has 0 unspecified atom stereocenters. The molecule has 0 bridgehead atoms. The average molecular weight is 290 g/mol. The van der Waals surface area contributed by atoms with E-state index in [4.69, 9.17) is 11.6 Å². The first kappa shape index (κ1) is 12.3. The maximum Gasteiger partial charge on any atom is 0.350 e. The van der Waals surface area contributed by atoms with Crippen molar-refractivity contribution in [3.05, 3.63) is 14.7 Å². The smallest absolute Gasteiger partial charge is 0.350 e. The van der Waals surface area contributed by atoms with Gasteiger partial charge in [-0.15, -0.1) is 11.3 Å². The lowest BCUT2D eigenvalue weighted by atomic mass is 10.3. The second-order valence-electron chi connectivity index (χ2n) is 2.92. The highest BCUT2D eigenvalue weighted by Crippen LogP contribution is 2.32. The molecule has 0 fully saturated rings. The predicted molar refractivity (Wildman–Crippen MR) is 69.1 cm³/mol. The molecule has 0 aliphatic heterocycles. The zero-order valence-electron chi connectivity index (χ0n) is 8.98.